The maximum Gasteiger partial charge on any atom is 0.283 e. The number of nitro benzene ring substituents is 1. The first-order valence-corrected chi connectivity index (χ1v) is 7.33. The maximum atomic E-state index is 11.3. The summed E-state index contributed by atoms with van der Waals surface area (Å²) in [5, 5.41) is 20.1. The lowest BCUT2D eigenvalue weighted by molar-refractivity contribution is -0.384. The molecule has 0 fully saturated rings. The first kappa shape index (κ1) is 14.6. The van der Waals surface area contributed by atoms with Crippen LogP contribution in [0.15, 0.2) is 18.2 Å². The standard InChI is InChI=1S/C13H15BrN4O2/c1-8(2)17-11(7-14)15-16-13(17)10-6-4-5-9(3)12(10)18(19)20/h4-6,8H,7H2,1-3H3. The van der Waals surface area contributed by atoms with Crippen molar-refractivity contribution in [1.82, 2.24) is 14.8 Å². The summed E-state index contributed by atoms with van der Waals surface area (Å²) in [6.45, 7) is 5.73. The van der Waals surface area contributed by atoms with Crippen LogP contribution in [0.4, 0.5) is 5.69 Å². The Morgan fingerprint density at radius 3 is 2.65 bits per heavy atom. The second-order valence-electron chi connectivity index (χ2n) is 4.77. The van der Waals surface area contributed by atoms with Crippen molar-refractivity contribution < 1.29 is 4.92 Å². The third kappa shape index (κ3) is 2.45. The minimum Gasteiger partial charge on any atom is -0.308 e. The Kier molecular flexibility index (Phi) is 4.17. The Hall–Kier alpha value is -1.76. The Bertz CT molecular complexity index is 652. The van der Waals surface area contributed by atoms with Crippen LogP contribution in [-0.2, 0) is 5.33 Å². The van der Waals surface area contributed by atoms with Crippen LogP contribution in [0.5, 0.6) is 0 Å². The van der Waals surface area contributed by atoms with Crippen molar-refractivity contribution in [3.8, 4) is 11.4 Å². The van der Waals surface area contributed by atoms with Crippen LogP contribution >= 0.6 is 15.9 Å². The molecule has 0 saturated carbocycles. The van der Waals surface area contributed by atoms with Gasteiger partial charge >= 0.3 is 0 Å². The molecule has 0 aliphatic rings. The topological polar surface area (TPSA) is 73.8 Å². The number of nitro groups is 1. The molecule has 20 heavy (non-hydrogen) atoms. The number of nitrogens with zero attached hydrogens (tertiary/aromatic N) is 4. The van der Waals surface area contributed by atoms with Crippen LogP contribution in [0.3, 0.4) is 0 Å². The Labute approximate surface area is 125 Å². The highest BCUT2D eigenvalue weighted by atomic mass is 79.9. The average Bonchev–Trinajstić information content (AvgIpc) is 2.81. The van der Waals surface area contributed by atoms with Crippen molar-refractivity contribution in [3.63, 3.8) is 0 Å². The van der Waals surface area contributed by atoms with E-state index in [-0.39, 0.29) is 16.7 Å². The molecule has 6 nitrogen and oxygen atoms in total. The van der Waals surface area contributed by atoms with Gasteiger partial charge < -0.3 is 4.57 Å². The Morgan fingerprint density at radius 1 is 1.40 bits per heavy atom. The molecule has 0 amide bonds. The molecule has 2 rings (SSSR count). The fourth-order valence-electron chi connectivity index (χ4n) is 2.22. The number of aromatic nitrogens is 3. The van der Waals surface area contributed by atoms with E-state index >= 15 is 0 Å². The zero-order valence-corrected chi connectivity index (χ0v) is 13.1. The molecule has 0 bridgehead atoms. The highest BCUT2D eigenvalue weighted by Crippen LogP contribution is 2.33. The normalized spacial score (nSPS) is 11.1. The van der Waals surface area contributed by atoms with Gasteiger partial charge in [-0.15, -0.1) is 10.2 Å². The number of hydrogen-bond donors (Lipinski definition) is 0. The van der Waals surface area contributed by atoms with Crippen molar-refractivity contribution in [2.24, 2.45) is 0 Å². The van der Waals surface area contributed by atoms with Crippen molar-refractivity contribution in [1.29, 1.82) is 0 Å². The van der Waals surface area contributed by atoms with E-state index in [2.05, 4.69) is 26.1 Å². The van der Waals surface area contributed by atoms with Gasteiger partial charge in [0.05, 0.1) is 15.8 Å². The molecule has 0 N–H and O–H groups in total. The first-order valence-electron chi connectivity index (χ1n) is 6.21. The largest absolute Gasteiger partial charge is 0.308 e. The van der Waals surface area contributed by atoms with E-state index in [9.17, 15) is 10.1 Å². The Balaban J connectivity index is 2.72. The van der Waals surface area contributed by atoms with Crippen molar-refractivity contribution in [2.75, 3.05) is 0 Å². The molecular weight excluding hydrogens is 324 g/mol. The second kappa shape index (κ2) is 5.70. The molecule has 0 atom stereocenters. The summed E-state index contributed by atoms with van der Waals surface area (Å²) in [6, 6.07) is 5.35. The lowest BCUT2D eigenvalue weighted by Crippen LogP contribution is -2.08. The third-order valence-electron chi connectivity index (χ3n) is 3.06. The van der Waals surface area contributed by atoms with E-state index < -0.39 is 0 Å². The van der Waals surface area contributed by atoms with Gasteiger partial charge in [0, 0.05) is 11.6 Å². The van der Waals surface area contributed by atoms with Crippen LogP contribution in [0.1, 0.15) is 31.3 Å². The van der Waals surface area contributed by atoms with Crippen LogP contribution in [0.2, 0.25) is 0 Å². The van der Waals surface area contributed by atoms with Crippen molar-refractivity contribution in [2.45, 2.75) is 32.1 Å². The highest BCUT2D eigenvalue weighted by Gasteiger charge is 2.24. The molecule has 1 aromatic heterocycles. The van der Waals surface area contributed by atoms with Gasteiger partial charge in [0.2, 0.25) is 0 Å². The zero-order valence-electron chi connectivity index (χ0n) is 11.5. The van der Waals surface area contributed by atoms with E-state index in [0.29, 0.717) is 22.3 Å². The number of hydrogen-bond acceptors (Lipinski definition) is 4. The minimum atomic E-state index is -0.363. The van der Waals surface area contributed by atoms with E-state index in [1.807, 2.05) is 18.4 Å². The monoisotopic (exact) mass is 338 g/mol. The molecule has 0 radical (unpaired) electrons. The molecule has 1 heterocycles. The Morgan fingerprint density at radius 2 is 2.10 bits per heavy atom. The van der Waals surface area contributed by atoms with E-state index in [1.54, 1.807) is 25.1 Å². The maximum absolute atomic E-state index is 11.3. The second-order valence-corrected chi connectivity index (χ2v) is 5.33. The molecule has 1 aromatic carbocycles. The number of alkyl halides is 1. The number of para-hydroxylation sites is 1. The summed E-state index contributed by atoms with van der Waals surface area (Å²) >= 11 is 3.37. The highest BCUT2D eigenvalue weighted by molar-refractivity contribution is 9.08. The summed E-state index contributed by atoms with van der Waals surface area (Å²) in [5.41, 5.74) is 1.21. The molecule has 0 unspecified atom stereocenters. The van der Waals surface area contributed by atoms with Crippen molar-refractivity contribution >= 4 is 21.6 Å². The number of aryl methyl sites for hydroxylation is 1. The van der Waals surface area contributed by atoms with Gasteiger partial charge in [-0.1, -0.05) is 28.1 Å². The summed E-state index contributed by atoms with van der Waals surface area (Å²) < 4.78 is 1.91. The van der Waals surface area contributed by atoms with Gasteiger partial charge in [0.1, 0.15) is 5.82 Å². The van der Waals surface area contributed by atoms with Gasteiger partial charge in [-0.2, -0.15) is 0 Å². The lowest BCUT2D eigenvalue weighted by Gasteiger charge is -2.13. The van der Waals surface area contributed by atoms with Crippen LogP contribution < -0.4 is 0 Å². The van der Waals surface area contributed by atoms with Crippen LogP contribution in [0.25, 0.3) is 11.4 Å². The zero-order chi connectivity index (χ0) is 14.9. The molecular formula is C13H15BrN4O2. The fourth-order valence-corrected chi connectivity index (χ4v) is 2.61. The van der Waals surface area contributed by atoms with Gasteiger partial charge in [0.15, 0.2) is 5.82 Å². The number of benzene rings is 1. The fraction of sp³-hybridized carbons (Fsp3) is 0.385. The molecule has 2 aromatic rings. The van der Waals surface area contributed by atoms with E-state index in [1.165, 1.54) is 0 Å². The predicted octanol–water partition coefficient (Wildman–Crippen LogP) is 3.64. The van der Waals surface area contributed by atoms with Gasteiger partial charge in [-0.25, -0.2) is 0 Å². The lowest BCUT2D eigenvalue weighted by atomic mass is 10.1. The summed E-state index contributed by atoms with van der Waals surface area (Å²) in [6.07, 6.45) is 0. The van der Waals surface area contributed by atoms with E-state index in [4.69, 9.17) is 0 Å². The van der Waals surface area contributed by atoms with Gasteiger partial charge in [-0.3, -0.25) is 10.1 Å². The summed E-state index contributed by atoms with van der Waals surface area (Å²) in [7, 11) is 0. The van der Waals surface area contributed by atoms with Crippen LogP contribution in [0, 0.1) is 17.0 Å². The summed E-state index contributed by atoms with van der Waals surface area (Å²) in [4.78, 5) is 10.9. The molecule has 7 heteroatoms. The van der Waals surface area contributed by atoms with Crippen LogP contribution in [-0.4, -0.2) is 19.7 Å². The third-order valence-corrected chi connectivity index (χ3v) is 3.57. The SMILES string of the molecule is Cc1cccc(-c2nnc(CBr)n2C(C)C)c1[N+](=O)[O-]. The average molecular weight is 339 g/mol. The smallest absolute Gasteiger partial charge is 0.283 e. The number of halogens is 1. The minimum absolute atomic E-state index is 0.0860. The molecule has 0 aliphatic carbocycles. The van der Waals surface area contributed by atoms with Crippen molar-refractivity contribution in [3.05, 3.63) is 39.7 Å². The first-order chi connectivity index (χ1) is 9.47. The number of rotatable bonds is 4. The molecule has 0 spiro atoms. The van der Waals surface area contributed by atoms with Gasteiger partial charge in [-0.05, 0) is 26.8 Å². The predicted molar refractivity (Wildman–Crippen MR) is 79.9 cm³/mol. The molecule has 0 saturated heterocycles. The van der Waals surface area contributed by atoms with E-state index in [0.717, 1.165) is 5.82 Å². The molecule has 106 valence electrons. The summed E-state index contributed by atoms with van der Waals surface area (Å²) in [5.74, 6) is 1.29. The molecule has 0 aliphatic heterocycles. The quantitative estimate of drug-likeness (QED) is 0.484. The van der Waals surface area contributed by atoms with Gasteiger partial charge in [0.25, 0.3) is 5.69 Å².